The summed E-state index contributed by atoms with van der Waals surface area (Å²) in [6.45, 7) is 8.57. The number of fused-ring (bicyclic) bond motifs is 1. The largest absolute Gasteiger partial charge is 0.383 e. The number of hydrogen-bond donors (Lipinski definition) is 2. The number of aryl methyl sites for hydroxylation is 1. The maximum Gasteiger partial charge on any atom is 0.313 e. The van der Waals surface area contributed by atoms with Gasteiger partial charge >= 0.3 is 11.8 Å². The van der Waals surface area contributed by atoms with Gasteiger partial charge in [-0.05, 0) is 62.4 Å². The van der Waals surface area contributed by atoms with Gasteiger partial charge < -0.3 is 25.2 Å². The van der Waals surface area contributed by atoms with Crippen molar-refractivity contribution in [1.82, 2.24) is 10.2 Å². The van der Waals surface area contributed by atoms with Gasteiger partial charge in [0.2, 0.25) is 5.91 Å². The summed E-state index contributed by atoms with van der Waals surface area (Å²) in [6.07, 6.45) is 3.81. The number of hydrogen-bond acceptors (Lipinski definition) is 5. The number of nitrogens with zero attached hydrogens (tertiary/aromatic N) is 2. The Hall–Kier alpha value is -2.45. The van der Waals surface area contributed by atoms with E-state index in [0.29, 0.717) is 24.7 Å². The van der Waals surface area contributed by atoms with Crippen molar-refractivity contribution in [3.05, 3.63) is 23.8 Å². The summed E-state index contributed by atoms with van der Waals surface area (Å²) in [5.74, 6) is -0.957. The van der Waals surface area contributed by atoms with Gasteiger partial charge in [-0.15, -0.1) is 0 Å². The van der Waals surface area contributed by atoms with Crippen LogP contribution in [0, 0.1) is 11.8 Å². The molecule has 2 N–H and O–H groups in total. The van der Waals surface area contributed by atoms with Crippen molar-refractivity contribution in [3.63, 3.8) is 0 Å². The number of ether oxygens (including phenoxy) is 1. The molecule has 0 aromatic heterocycles. The van der Waals surface area contributed by atoms with E-state index in [-0.39, 0.29) is 11.8 Å². The fourth-order valence-corrected chi connectivity index (χ4v) is 4.33. The van der Waals surface area contributed by atoms with Crippen molar-refractivity contribution in [2.24, 2.45) is 11.8 Å². The van der Waals surface area contributed by atoms with Gasteiger partial charge in [-0.2, -0.15) is 0 Å². The summed E-state index contributed by atoms with van der Waals surface area (Å²) < 4.78 is 5.12. The Morgan fingerprint density at radius 1 is 1.12 bits per heavy atom. The van der Waals surface area contributed by atoms with E-state index >= 15 is 0 Å². The number of carbonyl (C=O) groups excluding carboxylic acids is 3. The Morgan fingerprint density at radius 2 is 1.88 bits per heavy atom. The number of rotatable bonds is 7. The second-order valence-electron chi connectivity index (χ2n) is 9.03. The summed E-state index contributed by atoms with van der Waals surface area (Å²) in [5.41, 5.74) is 2.44. The summed E-state index contributed by atoms with van der Waals surface area (Å²) in [5, 5.41) is 5.46. The summed E-state index contributed by atoms with van der Waals surface area (Å²) in [4.78, 5) is 41.5. The predicted octanol–water partition coefficient (Wildman–Crippen LogP) is 2.03. The average molecular weight is 445 g/mol. The number of piperidine rings is 1. The quantitative estimate of drug-likeness (QED) is 0.628. The lowest BCUT2D eigenvalue weighted by molar-refractivity contribution is -0.136. The Balaban J connectivity index is 1.51. The summed E-state index contributed by atoms with van der Waals surface area (Å²) in [6, 6.07) is 5.53. The number of nitrogens with one attached hydrogen (secondary N) is 2. The molecule has 2 aliphatic rings. The molecule has 1 aromatic carbocycles. The van der Waals surface area contributed by atoms with Gasteiger partial charge in [-0.1, -0.05) is 19.9 Å². The normalized spacial score (nSPS) is 17.2. The molecule has 32 heavy (non-hydrogen) atoms. The van der Waals surface area contributed by atoms with Crippen molar-refractivity contribution in [2.75, 3.05) is 56.7 Å². The molecule has 3 rings (SSSR count). The predicted molar refractivity (Wildman–Crippen MR) is 125 cm³/mol. The first-order valence-electron chi connectivity index (χ1n) is 11.6. The number of anilines is 2. The first kappa shape index (κ1) is 24.2. The SMILES string of the molecule is COCCN1CCC(CNC(=O)C(=O)Nc2ccc3c(c2)N(C(=O)C(C)C)CCC3)CC1. The standard InChI is InChI=1S/C24H36N4O4/c1-17(2)24(31)28-10-4-5-19-6-7-20(15-21(19)28)26-23(30)22(29)25-16-18-8-11-27(12-9-18)13-14-32-3/h6-7,15,17-18H,4-5,8-14,16H2,1-3H3,(H,25,29)(H,26,30). The Kier molecular flexibility index (Phi) is 8.64. The number of methoxy groups -OCH3 is 1. The van der Waals surface area contributed by atoms with Crippen molar-refractivity contribution >= 4 is 29.1 Å². The molecule has 0 radical (unpaired) electrons. The molecule has 0 atom stereocenters. The zero-order valence-electron chi connectivity index (χ0n) is 19.5. The third kappa shape index (κ3) is 6.29. The number of carbonyl (C=O) groups is 3. The van der Waals surface area contributed by atoms with Crippen molar-refractivity contribution in [3.8, 4) is 0 Å². The maximum atomic E-state index is 12.6. The fourth-order valence-electron chi connectivity index (χ4n) is 4.33. The van der Waals surface area contributed by atoms with Gasteiger partial charge in [0.05, 0.1) is 6.61 Å². The summed E-state index contributed by atoms with van der Waals surface area (Å²) >= 11 is 0. The van der Waals surface area contributed by atoms with Crippen LogP contribution in [0.5, 0.6) is 0 Å². The van der Waals surface area contributed by atoms with E-state index < -0.39 is 11.8 Å². The second kappa shape index (κ2) is 11.4. The third-order valence-corrected chi connectivity index (χ3v) is 6.30. The van der Waals surface area contributed by atoms with Gasteiger partial charge in [0, 0.05) is 44.0 Å². The highest BCUT2D eigenvalue weighted by Crippen LogP contribution is 2.31. The van der Waals surface area contributed by atoms with Crippen molar-refractivity contribution in [2.45, 2.75) is 39.5 Å². The Bertz CT molecular complexity index is 818. The van der Waals surface area contributed by atoms with Crippen LogP contribution < -0.4 is 15.5 Å². The van der Waals surface area contributed by atoms with Gasteiger partial charge in [0.15, 0.2) is 0 Å². The Labute approximate surface area is 190 Å². The highest BCUT2D eigenvalue weighted by atomic mass is 16.5. The smallest absolute Gasteiger partial charge is 0.313 e. The van der Waals surface area contributed by atoms with Crippen LogP contribution in [0.15, 0.2) is 18.2 Å². The minimum absolute atomic E-state index is 0.0698. The molecule has 8 nitrogen and oxygen atoms in total. The molecule has 0 spiro atoms. The first-order valence-corrected chi connectivity index (χ1v) is 11.6. The molecular formula is C24H36N4O4. The lowest BCUT2D eigenvalue weighted by Gasteiger charge is -2.31. The molecule has 1 aromatic rings. The number of benzene rings is 1. The van der Waals surface area contributed by atoms with Gasteiger partial charge in [-0.3, -0.25) is 14.4 Å². The van der Waals surface area contributed by atoms with Crippen LogP contribution in [0.1, 0.15) is 38.7 Å². The molecule has 2 heterocycles. The van der Waals surface area contributed by atoms with E-state index in [9.17, 15) is 14.4 Å². The van der Waals surface area contributed by atoms with Crippen LogP contribution in [-0.4, -0.2) is 69.1 Å². The molecule has 1 fully saturated rings. The van der Waals surface area contributed by atoms with E-state index in [0.717, 1.165) is 63.2 Å². The lowest BCUT2D eigenvalue weighted by Crippen LogP contribution is -2.42. The molecule has 2 aliphatic heterocycles. The van der Waals surface area contributed by atoms with E-state index in [1.165, 1.54) is 0 Å². The van der Waals surface area contributed by atoms with E-state index in [2.05, 4.69) is 15.5 Å². The van der Waals surface area contributed by atoms with Crippen LogP contribution in [0.4, 0.5) is 11.4 Å². The molecule has 0 bridgehead atoms. The van der Waals surface area contributed by atoms with Crippen molar-refractivity contribution in [1.29, 1.82) is 0 Å². The van der Waals surface area contributed by atoms with Gasteiger partial charge in [0.25, 0.3) is 0 Å². The molecule has 8 heteroatoms. The third-order valence-electron chi connectivity index (χ3n) is 6.30. The Morgan fingerprint density at radius 3 is 2.56 bits per heavy atom. The van der Waals surface area contributed by atoms with Gasteiger partial charge in [-0.25, -0.2) is 0 Å². The second-order valence-corrected chi connectivity index (χ2v) is 9.03. The van der Waals surface area contributed by atoms with Crippen LogP contribution >= 0.6 is 0 Å². The van der Waals surface area contributed by atoms with Crippen LogP contribution in [0.3, 0.4) is 0 Å². The maximum absolute atomic E-state index is 12.6. The molecule has 176 valence electrons. The molecule has 3 amide bonds. The number of likely N-dealkylation sites (tertiary alicyclic amines) is 1. The zero-order chi connectivity index (χ0) is 23.1. The monoisotopic (exact) mass is 444 g/mol. The minimum atomic E-state index is -0.681. The molecule has 0 unspecified atom stereocenters. The van der Waals surface area contributed by atoms with Crippen LogP contribution in [0.25, 0.3) is 0 Å². The molecule has 0 aliphatic carbocycles. The van der Waals surface area contributed by atoms with Crippen LogP contribution in [0.2, 0.25) is 0 Å². The lowest BCUT2D eigenvalue weighted by atomic mass is 9.97. The summed E-state index contributed by atoms with van der Waals surface area (Å²) in [7, 11) is 1.71. The van der Waals surface area contributed by atoms with Gasteiger partial charge in [0.1, 0.15) is 0 Å². The molecule has 0 saturated carbocycles. The molecule has 1 saturated heterocycles. The van der Waals surface area contributed by atoms with E-state index in [4.69, 9.17) is 4.74 Å². The molecular weight excluding hydrogens is 408 g/mol. The van der Waals surface area contributed by atoms with E-state index in [1.54, 1.807) is 24.1 Å². The topological polar surface area (TPSA) is 91.0 Å². The fraction of sp³-hybridized carbons (Fsp3) is 0.625. The number of amides is 3. The zero-order valence-corrected chi connectivity index (χ0v) is 19.5. The van der Waals surface area contributed by atoms with Crippen molar-refractivity contribution < 1.29 is 19.1 Å². The minimum Gasteiger partial charge on any atom is -0.383 e. The highest BCUT2D eigenvalue weighted by molar-refractivity contribution is 6.39. The van der Waals surface area contributed by atoms with Crippen LogP contribution in [-0.2, 0) is 25.5 Å². The average Bonchev–Trinajstić information content (AvgIpc) is 2.80. The highest BCUT2D eigenvalue weighted by Gasteiger charge is 2.25. The van der Waals surface area contributed by atoms with E-state index in [1.807, 2.05) is 19.9 Å². The first-order chi connectivity index (χ1) is 15.4.